The van der Waals surface area contributed by atoms with Gasteiger partial charge in [-0.25, -0.2) is 0 Å². The van der Waals surface area contributed by atoms with Crippen LogP contribution in [0.3, 0.4) is 0 Å². The Hall–Kier alpha value is -1.54. The number of hydrogen-bond acceptors (Lipinski definition) is 4. The molecule has 0 aliphatic heterocycles. The van der Waals surface area contributed by atoms with E-state index in [9.17, 15) is 0 Å². The lowest BCUT2D eigenvalue weighted by atomic mass is 9.91. The van der Waals surface area contributed by atoms with Crippen LogP contribution in [0.1, 0.15) is 24.8 Å². The highest BCUT2D eigenvalue weighted by molar-refractivity contribution is 5.39. The molecule has 1 saturated carbocycles. The fourth-order valence-electron chi connectivity index (χ4n) is 2.45. The molecule has 21 heavy (non-hydrogen) atoms. The number of nitrogens with zero attached hydrogens (tertiary/aromatic N) is 1. The van der Waals surface area contributed by atoms with Crippen molar-refractivity contribution in [3.63, 3.8) is 0 Å². The summed E-state index contributed by atoms with van der Waals surface area (Å²) < 4.78 is 5.80. The molecule has 0 radical (unpaired) electrons. The average molecular weight is 288 g/mol. The summed E-state index contributed by atoms with van der Waals surface area (Å²) >= 11 is 0. The standard InChI is InChI=1S/C17H24N2O2/c18-9-3-5-15-4-1-8-17(14-15)21-13-11-19(10-12-20)16-6-2-7-16/h1,4,8,14,16,20H,2,6-7,9-13,18H2. The highest BCUT2D eigenvalue weighted by atomic mass is 16.5. The van der Waals surface area contributed by atoms with E-state index < -0.39 is 0 Å². The van der Waals surface area contributed by atoms with Crippen molar-refractivity contribution in [1.29, 1.82) is 0 Å². The van der Waals surface area contributed by atoms with Crippen LogP contribution < -0.4 is 10.5 Å². The zero-order valence-electron chi connectivity index (χ0n) is 12.4. The fraction of sp³-hybridized carbons (Fsp3) is 0.529. The molecule has 0 amide bonds. The van der Waals surface area contributed by atoms with Gasteiger partial charge in [-0.05, 0) is 31.0 Å². The predicted octanol–water partition coefficient (Wildman–Crippen LogP) is 1.22. The maximum absolute atomic E-state index is 9.13. The SMILES string of the molecule is NCC#Cc1cccc(OCCN(CCO)C2CCC2)c1. The molecule has 0 heterocycles. The monoisotopic (exact) mass is 288 g/mol. The van der Waals surface area contributed by atoms with Gasteiger partial charge in [-0.1, -0.05) is 24.3 Å². The van der Waals surface area contributed by atoms with Crippen LogP contribution in [0.15, 0.2) is 24.3 Å². The van der Waals surface area contributed by atoms with Crippen molar-refractivity contribution in [2.45, 2.75) is 25.3 Å². The first-order valence-corrected chi connectivity index (χ1v) is 7.60. The van der Waals surface area contributed by atoms with Gasteiger partial charge in [0.2, 0.25) is 0 Å². The van der Waals surface area contributed by atoms with Crippen molar-refractivity contribution in [3.05, 3.63) is 29.8 Å². The molecule has 3 N–H and O–H groups in total. The van der Waals surface area contributed by atoms with E-state index >= 15 is 0 Å². The molecular formula is C17H24N2O2. The van der Waals surface area contributed by atoms with Gasteiger partial charge in [0, 0.05) is 24.7 Å². The third-order valence-corrected chi connectivity index (χ3v) is 3.79. The molecule has 1 aliphatic rings. The van der Waals surface area contributed by atoms with Crippen LogP contribution in [0, 0.1) is 11.8 Å². The molecule has 0 bridgehead atoms. The van der Waals surface area contributed by atoms with E-state index in [1.807, 2.05) is 24.3 Å². The Morgan fingerprint density at radius 3 is 2.86 bits per heavy atom. The van der Waals surface area contributed by atoms with Crippen LogP contribution in [-0.2, 0) is 0 Å². The van der Waals surface area contributed by atoms with E-state index in [0.29, 0.717) is 19.2 Å². The molecular weight excluding hydrogens is 264 g/mol. The summed E-state index contributed by atoms with van der Waals surface area (Å²) in [6, 6.07) is 8.38. The van der Waals surface area contributed by atoms with Crippen LogP contribution in [-0.4, -0.2) is 48.9 Å². The van der Waals surface area contributed by atoms with E-state index in [-0.39, 0.29) is 6.61 Å². The third-order valence-electron chi connectivity index (χ3n) is 3.79. The Morgan fingerprint density at radius 1 is 1.33 bits per heavy atom. The summed E-state index contributed by atoms with van der Waals surface area (Å²) in [6.45, 7) is 2.79. The number of ether oxygens (including phenoxy) is 1. The normalized spacial score (nSPS) is 14.4. The minimum atomic E-state index is 0.209. The van der Waals surface area contributed by atoms with E-state index in [1.54, 1.807) is 0 Å². The second-order valence-electron chi connectivity index (χ2n) is 5.23. The number of rotatable bonds is 7. The van der Waals surface area contributed by atoms with Gasteiger partial charge in [0.1, 0.15) is 12.4 Å². The molecule has 2 rings (SSSR count). The van der Waals surface area contributed by atoms with Crippen molar-refractivity contribution >= 4 is 0 Å². The summed E-state index contributed by atoms with van der Waals surface area (Å²) in [6.07, 6.45) is 3.78. The Kier molecular flexibility index (Phi) is 6.55. The Morgan fingerprint density at radius 2 is 2.19 bits per heavy atom. The lowest BCUT2D eigenvalue weighted by Gasteiger charge is -2.37. The number of nitrogens with two attached hydrogens (primary N) is 1. The maximum Gasteiger partial charge on any atom is 0.120 e. The largest absolute Gasteiger partial charge is 0.492 e. The van der Waals surface area contributed by atoms with Gasteiger partial charge in [-0.2, -0.15) is 0 Å². The van der Waals surface area contributed by atoms with Gasteiger partial charge in [-0.3, -0.25) is 4.90 Å². The van der Waals surface area contributed by atoms with Crippen LogP contribution in [0.25, 0.3) is 0 Å². The first-order valence-electron chi connectivity index (χ1n) is 7.60. The van der Waals surface area contributed by atoms with E-state index in [4.69, 9.17) is 15.6 Å². The highest BCUT2D eigenvalue weighted by Gasteiger charge is 2.24. The van der Waals surface area contributed by atoms with Gasteiger partial charge < -0.3 is 15.6 Å². The van der Waals surface area contributed by atoms with Gasteiger partial charge in [0.25, 0.3) is 0 Å². The highest BCUT2D eigenvalue weighted by Crippen LogP contribution is 2.24. The molecule has 0 unspecified atom stereocenters. The minimum Gasteiger partial charge on any atom is -0.492 e. The topological polar surface area (TPSA) is 58.7 Å². The molecule has 1 aromatic rings. The lowest BCUT2D eigenvalue weighted by Crippen LogP contribution is -2.43. The van der Waals surface area contributed by atoms with Crippen molar-refractivity contribution in [2.24, 2.45) is 5.73 Å². The lowest BCUT2D eigenvalue weighted by molar-refractivity contribution is 0.0860. The summed E-state index contributed by atoms with van der Waals surface area (Å²) in [5, 5.41) is 9.13. The Balaban J connectivity index is 1.81. The van der Waals surface area contributed by atoms with Gasteiger partial charge in [0.15, 0.2) is 0 Å². The van der Waals surface area contributed by atoms with E-state index in [2.05, 4.69) is 16.7 Å². The summed E-state index contributed by atoms with van der Waals surface area (Å²) in [4.78, 5) is 2.32. The number of hydrogen-bond donors (Lipinski definition) is 2. The smallest absolute Gasteiger partial charge is 0.120 e. The second-order valence-corrected chi connectivity index (χ2v) is 5.23. The van der Waals surface area contributed by atoms with Crippen LogP contribution in [0.2, 0.25) is 0 Å². The quantitative estimate of drug-likeness (QED) is 0.741. The molecule has 1 fully saturated rings. The van der Waals surface area contributed by atoms with Crippen LogP contribution in [0.4, 0.5) is 0 Å². The van der Waals surface area contributed by atoms with Crippen molar-refractivity contribution in [3.8, 4) is 17.6 Å². The molecule has 114 valence electrons. The second kappa shape index (κ2) is 8.68. The average Bonchev–Trinajstić information content (AvgIpc) is 2.44. The summed E-state index contributed by atoms with van der Waals surface area (Å²) in [5.41, 5.74) is 6.29. The summed E-state index contributed by atoms with van der Waals surface area (Å²) in [5.74, 6) is 6.67. The van der Waals surface area contributed by atoms with Crippen LogP contribution >= 0.6 is 0 Å². The van der Waals surface area contributed by atoms with Crippen molar-refractivity contribution in [2.75, 3.05) is 32.8 Å². The van der Waals surface area contributed by atoms with Gasteiger partial charge in [0.05, 0.1) is 13.2 Å². The number of aliphatic hydroxyl groups excluding tert-OH is 1. The molecule has 4 nitrogen and oxygen atoms in total. The molecule has 0 aromatic heterocycles. The minimum absolute atomic E-state index is 0.209. The first kappa shape index (κ1) is 15.8. The molecule has 4 heteroatoms. The van der Waals surface area contributed by atoms with Crippen molar-refractivity contribution in [1.82, 2.24) is 4.90 Å². The third kappa shape index (κ3) is 5.05. The van der Waals surface area contributed by atoms with Gasteiger partial charge >= 0.3 is 0 Å². The molecule has 1 aromatic carbocycles. The zero-order chi connectivity index (χ0) is 14.9. The molecule has 0 saturated heterocycles. The van der Waals surface area contributed by atoms with Gasteiger partial charge in [-0.15, -0.1) is 0 Å². The van der Waals surface area contributed by atoms with Crippen LogP contribution in [0.5, 0.6) is 5.75 Å². The number of aliphatic hydroxyl groups is 1. The zero-order valence-corrected chi connectivity index (χ0v) is 12.4. The van der Waals surface area contributed by atoms with E-state index in [1.165, 1.54) is 19.3 Å². The van der Waals surface area contributed by atoms with E-state index in [0.717, 1.165) is 24.4 Å². The first-order chi connectivity index (χ1) is 10.3. The fourth-order valence-corrected chi connectivity index (χ4v) is 2.45. The maximum atomic E-state index is 9.13. The Labute approximate surface area is 126 Å². The Bertz CT molecular complexity index is 489. The molecule has 0 spiro atoms. The molecule has 0 atom stereocenters. The predicted molar refractivity (Wildman–Crippen MR) is 84.2 cm³/mol. The molecule has 1 aliphatic carbocycles. The summed E-state index contributed by atoms with van der Waals surface area (Å²) in [7, 11) is 0. The number of benzene rings is 1. The van der Waals surface area contributed by atoms with Crippen molar-refractivity contribution < 1.29 is 9.84 Å².